The standard InChI is InChI=1S/C17H17N5O3S/c1-24-13-8-9-15(25-2)14(10-13)18-16(23)11-4-6-12(7-5-11)22-17(26-3)19-20-21-22/h4-10H,1-3H3,(H,18,23). The molecule has 2 aromatic carbocycles. The van der Waals surface area contributed by atoms with Gasteiger partial charge in [0, 0.05) is 11.6 Å². The topological polar surface area (TPSA) is 91.2 Å². The van der Waals surface area contributed by atoms with Crippen molar-refractivity contribution in [2.45, 2.75) is 5.16 Å². The van der Waals surface area contributed by atoms with E-state index in [1.807, 2.05) is 6.26 Å². The molecule has 0 saturated heterocycles. The fraction of sp³-hybridized carbons (Fsp3) is 0.176. The molecule has 1 N–H and O–H groups in total. The van der Waals surface area contributed by atoms with Gasteiger partial charge in [0.15, 0.2) is 0 Å². The van der Waals surface area contributed by atoms with Gasteiger partial charge >= 0.3 is 0 Å². The smallest absolute Gasteiger partial charge is 0.255 e. The van der Waals surface area contributed by atoms with E-state index in [2.05, 4.69) is 20.8 Å². The van der Waals surface area contributed by atoms with Gasteiger partial charge < -0.3 is 14.8 Å². The molecule has 0 bridgehead atoms. The molecule has 8 nitrogen and oxygen atoms in total. The van der Waals surface area contributed by atoms with Crippen LogP contribution in [0, 0.1) is 0 Å². The molecule has 26 heavy (non-hydrogen) atoms. The maximum Gasteiger partial charge on any atom is 0.255 e. The summed E-state index contributed by atoms with van der Waals surface area (Å²) in [5.74, 6) is 0.915. The zero-order valence-corrected chi connectivity index (χ0v) is 15.3. The Morgan fingerprint density at radius 1 is 1.12 bits per heavy atom. The van der Waals surface area contributed by atoms with Gasteiger partial charge in [-0.05, 0) is 53.1 Å². The minimum absolute atomic E-state index is 0.259. The normalized spacial score (nSPS) is 10.4. The second kappa shape index (κ2) is 7.87. The first-order valence-electron chi connectivity index (χ1n) is 7.62. The van der Waals surface area contributed by atoms with Crippen LogP contribution in [0.25, 0.3) is 5.69 Å². The van der Waals surface area contributed by atoms with E-state index < -0.39 is 0 Å². The molecule has 1 aromatic heterocycles. The second-order valence-electron chi connectivity index (χ2n) is 5.14. The zero-order valence-electron chi connectivity index (χ0n) is 14.5. The van der Waals surface area contributed by atoms with Crippen molar-refractivity contribution in [3.63, 3.8) is 0 Å². The maximum absolute atomic E-state index is 12.5. The molecule has 9 heteroatoms. The molecule has 0 aliphatic heterocycles. The molecule has 0 spiro atoms. The molecule has 0 saturated carbocycles. The molecule has 0 fully saturated rings. The van der Waals surface area contributed by atoms with Crippen LogP contribution in [0.15, 0.2) is 47.6 Å². The fourth-order valence-corrected chi connectivity index (χ4v) is 2.76. The molecule has 0 atom stereocenters. The number of anilines is 1. The van der Waals surface area contributed by atoms with Gasteiger partial charge in [0.25, 0.3) is 5.91 Å². The van der Waals surface area contributed by atoms with E-state index in [0.29, 0.717) is 27.9 Å². The summed E-state index contributed by atoms with van der Waals surface area (Å²) in [6.45, 7) is 0. The van der Waals surface area contributed by atoms with E-state index in [1.54, 1.807) is 61.4 Å². The van der Waals surface area contributed by atoms with Crippen LogP contribution < -0.4 is 14.8 Å². The van der Waals surface area contributed by atoms with Crippen LogP contribution in [-0.4, -0.2) is 46.6 Å². The van der Waals surface area contributed by atoms with Gasteiger partial charge in [-0.2, -0.15) is 4.68 Å². The average Bonchev–Trinajstić information content (AvgIpc) is 3.16. The number of aromatic nitrogens is 4. The Morgan fingerprint density at radius 2 is 1.88 bits per heavy atom. The summed E-state index contributed by atoms with van der Waals surface area (Å²) in [4.78, 5) is 12.5. The largest absolute Gasteiger partial charge is 0.497 e. The lowest BCUT2D eigenvalue weighted by Gasteiger charge is -2.12. The Morgan fingerprint density at radius 3 is 2.54 bits per heavy atom. The molecule has 1 amide bonds. The van der Waals surface area contributed by atoms with E-state index in [9.17, 15) is 4.79 Å². The van der Waals surface area contributed by atoms with Gasteiger partial charge in [-0.1, -0.05) is 11.8 Å². The van der Waals surface area contributed by atoms with Crippen LogP contribution in [0.5, 0.6) is 11.5 Å². The second-order valence-corrected chi connectivity index (χ2v) is 5.92. The van der Waals surface area contributed by atoms with Gasteiger partial charge in [-0.25, -0.2) is 0 Å². The number of ether oxygens (including phenoxy) is 2. The highest BCUT2D eigenvalue weighted by atomic mass is 32.2. The molecule has 0 radical (unpaired) electrons. The number of nitrogens with zero attached hydrogens (tertiary/aromatic N) is 4. The number of hydrogen-bond acceptors (Lipinski definition) is 7. The number of amides is 1. The van der Waals surface area contributed by atoms with Gasteiger partial charge in [-0.3, -0.25) is 4.79 Å². The SMILES string of the molecule is COc1ccc(OC)c(NC(=O)c2ccc(-n3nnnc3SC)cc2)c1. The predicted molar refractivity (Wildman–Crippen MR) is 98.4 cm³/mol. The Labute approximate surface area is 154 Å². The van der Waals surface area contributed by atoms with Gasteiger partial charge in [0.1, 0.15) is 11.5 Å². The molecule has 134 valence electrons. The number of nitrogens with one attached hydrogen (secondary N) is 1. The van der Waals surface area contributed by atoms with Crippen molar-refractivity contribution >= 4 is 23.4 Å². The number of thioether (sulfide) groups is 1. The van der Waals surface area contributed by atoms with Crippen molar-refractivity contribution < 1.29 is 14.3 Å². The summed E-state index contributed by atoms with van der Waals surface area (Å²) >= 11 is 1.44. The highest BCUT2D eigenvalue weighted by molar-refractivity contribution is 7.98. The van der Waals surface area contributed by atoms with Crippen molar-refractivity contribution in [2.75, 3.05) is 25.8 Å². The summed E-state index contributed by atoms with van der Waals surface area (Å²) in [5.41, 5.74) is 1.80. The van der Waals surface area contributed by atoms with E-state index in [1.165, 1.54) is 11.8 Å². The number of methoxy groups -OCH3 is 2. The lowest BCUT2D eigenvalue weighted by Crippen LogP contribution is -2.13. The monoisotopic (exact) mass is 371 g/mol. The third-order valence-corrected chi connectivity index (χ3v) is 4.27. The van der Waals surface area contributed by atoms with Crippen LogP contribution in [0.1, 0.15) is 10.4 Å². The maximum atomic E-state index is 12.5. The first-order chi connectivity index (χ1) is 12.7. The molecule has 3 aromatic rings. The summed E-state index contributed by atoms with van der Waals surface area (Å²) in [6.07, 6.45) is 1.89. The highest BCUT2D eigenvalue weighted by Gasteiger charge is 2.12. The Bertz CT molecular complexity index is 911. The number of carbonyl (C=O) groups is 1. The molecule has 3 rings (SSSR count). The first kappa shape index (κ1) is 17.7. The van der Waals surface area contributed by atoms with Crippen molar-refractivity contribution in [1.29, 1.82) is 0 Å². The summed E-state index contributed by atoms with van der Waals surface area (Å²) in [6, 6.07) is 12.2. The minimum atomic E-state index is -0.259. The number of rotatable bonds is 6. The van der Waals surface area contributed by atoms with Crippen LogP contribution in [0.4, 0.5) is 5.69 Å². The van der Waals surface area contributed by atoms with E-state index in [0.717, 1.165) is 5.69 Å². The average molecular weight is 371 g/mol. The van der Waals surface area contributed by atoms with Crippen molar-refractivity contribution in [3.05, 3.63) is 48.0 Å². The molecule has 0 aliphatic rings. The minimum Gasteiger partial charge on any atom is -0.497 e. The Kier molecular flexibility index (Phi) is 5.37. The molecule has 0 unspecified atom stereocenters. The lowest BCUT2D eigenvalue weighted by atomic mass is 10.2. The van der Waals surface area contributed by atoms with Crippen LogP contribution in [-0.2, 0) is 0 Å². The van der Waals surface area contributed by atoms with Crippen LogP contribution in [0.2, 0.25) is 0 Å². The predicted octanol–water partition coefficient (Wildman–Crippen LogP) is 2.65. The van der Waals surface area contributed by atoms with Crippen molar-refractivity contribution in [2.24, 2.45) is 0 Å². The van der Waals surface area contributed by atoms with E-state index >= 15 is 0 Å². The first-order valence-corrected chi connectivity index (χ1v) is 8.85. The molecule has 1 heterocycles. The van der Waals surface area contributed by atoms with Gasteiger partial charge in [0.2, 0.25) is 5.16 Å². The molecular formula is C17H17N5O3S. The number of tetrazole rings is 1. The lowest BCUT2D eigenvalue weighted by molar-refractivity contribution is 0.102. The van der Waals surface area contributed by atoms with Crippen molar-refractivity contribution in [1.82, 2.24) is 20.2 Å². The quantitative estimate of drug-likeness (QED) is 0.666. The zero-order chi connectivity index (χ0) is 18.5. The number of benzene rings is 2. The van der Waals surface area contributed by atoms with Gasteiger partial charge in [0.05, 0.1) is 25.6 Å². The Hall–Kier alpha value is -3.07. The summed E-state index contributed by atoms with van der Waals surface area (Å²) in [7, 11) is 3.11. The van der Waals surface area contributed by atoms with Crippen molar-refractivity contribution in [3.8, 4) is 17.2 Å². The third kappa shape index (κ3) is 3.62. The third-order valence-electron chi connectivity index (χ3n) is 3.65. The van der Waals surface area contributed by atoms with E-state index in [-0.39, 0.29) is 5.91 Å². The van der Waals surface area contributed by atoms with Gasteiger partial charge in [-0.15, -0.1) is 5.10 Å². The number of hydrogen-bond donors (Lipinski definition) is 1. The van der Waals surface area contributed by atoms with Crippen LogP contribution >= 0.6 is 11.8 Å². The number of carbonyl (C=O) groups excluding carboxylic acids is 1. The Balaban J connectivity index is 1.81. The molecular weight excluding hydrogens is 354 g/mol. The van der Waals surface area contributed by atoms with Crippen LogP contribution in [0.3, 0.4) is 0 Å². The summed E-state index contributed by atoms with van der Waals surface area (Å²) < 4.78 is 12.1. The summed E-state index contributed by atoms with van der Waals surface area (Å²) in [5, 5.41) is 15.0. The fourth-order valence-electron chi connectivity index (χ4n) is 2.33. The highest BCUT2D eigenvalue weighted by Crippen LogP contribution is 2.29. The van der Waals surface area contributed by atoms with E-state index in [4.69, 9.17) is 9.47 Å². The molecule has 0 aliphatic carbocycles.